The Morgan fingerprint density at radius 1 is 0.926 bits per heavy atom. The molecule has 0 spiro atoms. The zero-order valence-electron chi connectivity index (χ0n) is 18.0. The summed E-state index contributed by atoms with van der Waals surface area (Å²) in [5.74, 6) is 1.34. The van der Waals surface area contributed by atoms with Crippen LogP contribution in [0.15, 0.2) is 48.5 Å². The maximum Gasteiger partial charge on any atom is 0.122 e. The zero-order chi connectivity index (χ0) is 19.3. The molecule has 0 unspecified atom stereocenters. The monoisotopic (exact) mass is 481 g/mol. The molecule has 2 aromatic rings. The summed E-state index contributed by atoms with van der Waals surface area (Å²) in [5, 5.41) is 0. The molecule has 0 radical (unpaired) electrons. The van der Waals surface area contributed by atoms with Crippen LogP contribution in [0.5, 0.6) is 5.75 Å². The van der Waals surface area contributed by atoms with Gasteiger partial charge in [0.1, 0.15) is 5.75 Å². The molecule has 2 aromatic carbocycles. The van der Waals surface area contributed by atoms with Gasteiger partial charge in [-0.15, -0.1) is 0 Å². The average molecular weight is 481 g/mol. The normalized spacial score (nSPS) is 12.8. The number of methoxy groups -OCH3 is 1. The van der Waals surface area contributed by atoms with Gasteiger partial charge in [0.05, 0.1) is 32.8 Å². The van der Waals surface area contributed by atoms with Crippen LogP contribution in [0.3, 0.4) is 0 Å². The summed E-state index contributed by atoms with van der Waals surface area (Å²) in [7, 11) is 4.17. The minimum Gasteiger partial charge on any atom is -1.00 e. The lowest BCUT2D eigenvalue weighted by Gasteiger charge is -2.43. The van der Waals surface area contributed by atoms with Crippen LogP contribution in [0, 0.1) is 6.92 Å². The van der Waals surface area contributed by atoms with Crippen LogP contribution in [0.25, 0.3) is 0 Å². The third-order valence-corrected chi connectivity index (χ3v) is 6.22. The Labute approximate surface area is 183 Å². The summed E-state index contributed by atoms with van der Waals surface area (Å²) >= 11 is 0. The third kappa shape index (κ3) is 5.71. The maximum atomic E-state index is 5.72. The SMILES string of the molecule is COc1ccc(C)cc1[C@H](CC[N+](C)(C(C)C)C(C)C)c1ccccc1.[I-]. The molecule has 0 aromatic heterocycles. The minimum atomic E-state index is 0. The smallest absolute Gasteiger partial charge is 0.122 e. The molecule has 0 amide bonds. The molecule has 27 heavy (non-hydrogen) atoms. The van der Waals surface area contributed by atoms with Crippen molar-refractivity contribution in [3.8, 4) is 5.75 Å². The van der Waals surface area contributed by atoms with E-state index in [2.05, 4.69) is 90.2 Å². The third-order valence-electron chi connectivity index (χ3n) is 6.22. The van der Waals surface area contributed by atoms with Gasteiger partial charge < -0.3 is 33.2 Å². The molecule has 0 fully saturated rings. The van der Waals surface area contributed by atoms with Crippen molar-refractivity contribution in [3.63, 3.8) is 0 Å². The molecular formula is C24H36INO. The van der Waals surface area contributed by atoms with Crippen molar-refractivity contribution in [3.05, 3.63) is 65.2 Å². The lowest BCUT2D eigenvalue weighted by molar-refractivity contribution is -0.949. The van der Waals surface area contributed by atoms with Gasteiger partial charge in [-0.3, -0.25) is 0 Å². The summed E-state index contributed by atoms with van der Waals surface area (Å²) in [6, 6.07) is 18.6. The number of nitrogens with zero attached hydrogens (tertiary/aromatic N) is 1. The number of ether oxygens (including phenoxy) is 1. The second kappa shape index (κ2) is 10.5. The molecule has 0 N–H and O–H groups in total. The van der Waals surface area contributed by atoms with E-state index in [-0.39, 0.29) is 24.0 Å². The maximum absolute atomic E-state index is 5.72. The molecule has 3 heteroatoms. The van der Waals surface area contributed by atoms with Gasteiger partial charge in [0.25, 0.3) is 0 Å². The molecule has 0 aliphatic heterocycles. The lowest BCUT2D eigenvalue weighted by atomic mass is 9.86. The molecule has 0 saturated heterocycles. The first-order valence-electron chi connectivity index (χ1n) is 9.84. The van der Waals surface area contributed by atoms with Gasteiger partial charge in [-0.25, -0.2) is 0 Å². The molecule has 0 aliphatic rings. The van der Waals surface area contributed by atoms with E-state index in [0.717, 1.165) is 23.2 Å². The number of quaternary nitrogens is 1. The van der Waals surface area contributed by atoms with E-state index in [1.54, 1.807) is 7.11 Å². The molecule has 150 valence electrons. The highest BCUT2D eigenvalue weighted by molar-refractivity contribution is 5.44. The zero-order valence-corrected chi connectivity index (χ0v) is 20.2. The van der Waals surface area contributed by atoms with Crippen LogP contribution >= 0.6 is 0 Å². The highest BCUT2D eigenvalue weighted by atomic mass is 127. The van der Waals surface area contributed by atoms with Gasteiger partial charge in [-0.2, -0.15) is 0 Å². The van der Waals surface area contributed by atoms with Crippen LogP contribution in [-0.2, 0) is 0 Å². The molecule has 0 aliphatic carbocycles. The van der Waals surface area contributed by atoms with E-state index in [0.29, 0.717) is 18.0 Å². The summed E-state index contributed by atoms with van der Waals surface area (Å²) in [6.07, 6.45) is 1.11. The largest absolute Gasteiger partial charge is 1.00 e. The van der Waals surface area contributed by atoms with Gasteiger partial charge >= 0.3 is 0 Å². The second-order valence-electron chi connectivity index (χ2n) is 8.26. The fourth-order valence-electron chi connectivity index (χ4n) is 3.83. The molecular weight excluding hydrogens is 445 g/mol. The fraction of sp³-hybridized carbons (Fsp3) is 0.500. The van der Waals surface area contributed by atoms with Crippen molar-refractivity contribution >= 4 is 0 Å². The first-order chi connectivity index (χ1) is 12.3. The second-order valence-corrected chi connectivity index (χ2v) is 8.26. The van der Waals surface area contributed by atoms with Crippen molar-refractivity contribution in [1.82, 2.24) is 0 Å². The van der Waals surface area contributed by atoms with Crippen LogP contribution in [0.1, 0.15) is 56.7 Å². The minimum absolute atomic E-state index is 0. The number of halogens is 1. The first kappa shape index (κ1) is 24.0. The molecule has 0 bridgehead atoms. The Morgan fingerprint density at radius 2 is 1.52 bits per heavy atom. The highest BCUT2D eigenvalue weighted by Gasteiger charge is 2.31. The Hall–Kier alpha value is -1.07. The van der Waals surface area contributed by atoms with Crippen LogP contribution in [0.2, 0.25) is 0 Å². The van der Waals surface area contributed by atoms with Gasteiger partial charge in [-0.05, 0) is 46.2 Å². The van der Waals surface area contributed by atoms with Crippen molar-refractivity contribution in [2.75, 3.05) is 20.7 Å². The van der Waals surface area contributed by atoms with Gasteiger partial charge in [0.15, 0.2) is 0 Å². The predicted molar refractivity (Wildman–Crippen MR) is 112 cm³/mol. The quantitative estimate of drug-likeness (QED) is 0.416. The number of aryl methyl sites for hydroxylation is 1. The lowest BCUT2D eigenvalue weighted by Crippen LogP contribution is -3.00. The average Bonchev–Trinajstić information content (AvgIpc) is 2.62. The number of rotatable bonds is 8. The van der Waals surface area contributed by atoms with Gasteiger partial charge in [0.2, 0.25) is 0 Å². The fourth-order valence-corrected chi connectivity index (χ4v) is 3.83. The number of hydrogen-bond acceptors (Lipinski definition) is 1. The van der Waals surface area contributed by atoms with Crippen molar-refractivity contribution in [2.24, 2.45) is 0 Å². The van der Waals surface area contributed by atoms with Crippen molar-refractivity contribution in [2.45, 2.75) is 59.0 Å². The molecule has 0 heterocycles. The van der Waals surface area contributed by atoms with E-state index < -0.39 is 0 Å². The van der Waals surface area contributed by atoms with Gasteiger partial charge in [0, 0.05) is 17.9 Å². The van der Waals surface area contributed by atoms with Crippen LogP contribution in [0.4, 0.5) is 0 Å². The van der Waals surface area contributed by atoms with Crippen LogP contribution < -0.4 is 28.7 Å². The molecule has 1 atom stereocenters. The molecule has 2 nitrogen and oxygen atoms in total. The summed E-state index contributed by atoms with van der Waals surface area (Å²) in [5.41, 5.74) is 3.96. The number of hydrogen-bond donors (Lipinski definition) is 0. The van der Waals surface area contributed by atoms with E-state index in [9.17, 15) is 0 Å². The Kier molecular flexibility index (Phi) is 9.29. The number of benzene rings is 2. The summed E-state index contributed by atoms with van der Waals surface area (Å²) in [6.45, 7) is 12.7. The van der Waals surface area contributed by atoms with Crippen molar-refractivity contribution < 1.29 is 33.2 Å². The Bertz CT molecular complexity index is 689. The predicted octanol–water partition coefficient (Wildman–Crippen LogP) is 2.79. The standard InChI is InChI=1S/C24H36NO.HI/c1-18(2)25(6,19(3)4)16-15-22(21-11-9-8-10-12-21)23-17-20(5)13-14-24(23)26-7;/h8-14,17-19,22H,15-16H2,1-7H3;1H/q+1;/p-1/t22-;/m1./s1. The van der Waals surface area contributed by atoms with Gasteiger partial charge in [-0.1, -0.05) is 48.0 Å². The first-order valence-corrected chi connectivity index (χ1v) is 9.84. The van der Waals surface area contributed by atoms with E-state index in [1.165, 1.54) is 16.7 Å². The summed E-state index contributed by atoms with van der Waals surface area (Å²) in [4.78, 5) is 0. The van der Waals surface area contributed by atoms with Crippen molar-refractivity contribution in [1.29, 1.82) is 0 Å². The Morgan fingerprint density at radius 3 is 2.04 bits per heavy atom. The van der Waals surface area contributed by atoms with E-state index in [1.807, 2.05) is 0 Å². The van der Waals surface area contributed by atoms with Crippen LogP contribution in [-0.4, -0.2) is 37.3 Å². The van der Waals surface area contributed by atoms with E-state index in [4.69, 9.17) is 4.74 Å². The molecule has 2 rings (SSSR count). The topological polar surface area (TPSA) is 9.23 Å². The Balaban J connectivity index is 0.00000364. The molecule has 0 saturated carbocycles. The summed E-state index contributed by atoms with van der Waals surface area (Å²) < 4.78 is 6.81. The van der Waals surface area contributed by atoms with E-state index >= 15 is 0 Å². The highest BCUT2D eigenvalue weighted by Crippen LogP contribution is 2.36.